The first-order valence-corrected chi connectivity index (χ1v) is 6.04. The van der Waals surface area contributed by atoms with Crippen LogP contribution in [-0.2, 0) is 15.0 Å². The lowest BCUT2D eigenvalue weighted by Gasteiger charge is -2.26. The second-order valence-corrected chi connectivity index (χ2v) is 4.88. The number of rotatable bonds is 4. The van der Waals surface area contributed by atoms with Gasteiger partial charge in [-0.25, -0.2) is 4.79 Å². The van der Waals surface area contributed by atoms with Crippen LogP contribution in [-0.4, -0.2) is 35.0 Å². The van der Waals surface area contributed by atoms with Crippen LogP contribution < -0.4 is 0 Å². The maximum absolute atomic E-state index is 12.4. The molecule has 1 saturated carbocycles. The van der Waals surface area contributed by atoms with Gasteiger partial charge in [0.15, 0.2) is 0 Å². The van der Waals surface area contributed by atoms with E-state index in [0.717, 1.165) is 18.4 Å². The van der Waals surface area contributed by atoms with Gasteiger partial charge in [-0.1, -0.05) is 30.3 Å². The summed E-state index contributed by atoms with van der Waals surface area (Å²) in [5.41, 5.74) is 0.499. The van der Waals surface area contributed by atoms with Crippen LogP contribution in [0.1, 0.15) is 25.3 Å². The predicted molar refractivity (Wildman–Crippen MR) is 67.2 cm³/mol. The van der Waals surface area contributed by atoms with E-state index in [1.165, 1.54) is 11.8 Å². The van der Waals surface area contributed by atoms with Gasteiger partial charge < -0.3 is 10.0 Å². The van der Waals surface area contributed by atoms with Crippen LogP contribution in [0.3, 0.4) is 0 Å². The highest BCUT2D eigenvalue weighted by molar-refractivity contribution is 5.93. The van der Waals surface area contributed by atoms with E-state index in [0.29, 0.717) is 0 Å². The van der Waals surface area contributed by atoms with Crippen molar-refractivity contribution in [2.75, 3.05) is 7.05 Å². The van der Waals surface area contributed by atoms with E-state index in [4.69, 9.17) is 5.11 Å². The van der Waals surface area contributed by atoms with Crippen LogP contribution in [0.2, 0.25) is 0 Å². The second-order valence-electron chi connectivity index (χ2n) is 4.88. The second kappa shape index (κ2) is 4.44. The molecule has 0 aromatic heterocycles. The van der Waals surface area contributed by atoms with E-state index in [1.54, 1.807) is 7.05 Å². The minimum Gasteiger partial charge on any atom is -0.480 e. The molecule has 4 heteroatoms. The molecular formula is C14H17NO3. The zero-order chi connectivity index (χ0) is 13.3. The average Bonchev–Trinajstić information content (AvgIpc) is 3.18. The monoisotopic (exact) mass is 247 g/mol. The lowest BCUT2D eigenvalue weighted by molar-refractivity contribution is -0.149. The normalized spacial score (nSPS) is 17.9. The minimum absolute atomic E-state index is 0.0939. The number of nitrogens with zero attached hydrogens (tertiary/aromatic N) is 1. The molecule has 1 amide bonds. The van der Waals surface area contributed by atoms with Gasteiger partial charge in [0, 0.05) is 7.05 Å². The number of benzene rings is 1. The molecule has 18 heavy (non-hydrogen) atoms. The lowest BCUT2D eigenvalue weighted by Crippen LogP contribution is -2.45. The summed E-state index contributed by atoms with van der Waals surface area (Å²) >= 11 is 0. The Hall–Kier alpha value is -1.84. The summed E-state index contributed by atoms with van der Waals surface area (Å²) in [7, 11) is 1.56. The van der Waals surface area contributed by atoms with Gasteiger partial charge in [-0.15, -0.1) is 0 Å². The first-order valence-electron chi connectivity index (χ1n) is 6.04. The fourth-order valence-corrected chi connectivity index (χ4v) is 2.19. The number of carbonyl (C=O) groups excluding carboxylic acids is 1. The molecule has 0 radical (unpaired) electrons. The van der Waals surface area contributed by atoms with Crippen molar-refractivity contribution in [3.63, 3.8) is 0 Å². The van der Waals surface area contributed by atoms with Crippen molar-refractivity contribution < 1.29 is 14.7 Å². The van der Waals surface area contributed by atoms with Crippen molar-refractivity contribution >= 4 is 11.9 Å². The number of likely N-dealkylation sites (N-methyl/N-ethyl adjacent to an activating group) is 1. The van der Waals surface area contributed by atoms with E-state index in [1.807, 2.05) is 30.3 Å². The highest BCUT2D eigenvalue weighted by atomic mass is 16.4. The number of carboxylic acid groups (broad SMARTS) is 1. The van der Waals surface area contributed by atoms with Crippen LogP contribution in [0.5, 0.6) is 0 Å². The van der Waals surface area contributed by atoms with Gasteiger partial charge in [-0.3, -0.25) is 4.79 Å². The van der Waals surface area contributed by atoms with Gasteiger partial charge in [-0.2, -0.15) is 0 Å². The standard InChI is InChI=1S/C14H17NO3/c1-10(12(16)17)15(2)13(18)14(8-9-14)11-6-4-3-5-7-11/h3-7,10H,8-9H2,1-2H3,(H,16,17). The molecule has 1 fully saturated rings. The van der Waals surface area contributed by atoms with Crippen LogP contribution in [0.15, 0.2) is 30.3 Å². The Balaban J connectivity index is 2.22. The summed E-state index contributed by atoms with van der Waals surface area (Å²) < 4.78 is 0. The highest BCUT2D eigenvalue weighted by Crippen LogP contribution is 2.49. The Kier molecular flexibility index (Phi) is 3.11. The van der Waals surface area contributed by atoms with Crippen molar-refractivity contribution in [3.05, 3.63) is 35.9 Å². The van der Waals surface area contributed by atoms with E-state index in [2.05, 4.69) is 0 Å². The smallest absolute Gasteiger partial charge is 0.326 e. The summed E-state index contributed by atoms with van der Waals surface area (Å²) in [4.78, 5) is 24.7. The highest BCUT2D eigenvalue weighted by Gasteiger charge is 2.53. The number of amides is 1. The first kappa shape index (κ1) is 12.6. The Bertz CT molecular complexity index is 465. The largest absolute Gasteiger partial charge is 0.480 e. The molecular weight excluding hydrogens is 230 g/mol. The Morgan fingerprint density at radius 1 is 1.28 bits per heavy atom. The molecule has 4 nitrogen and oxygen atoms in total. The maximum atomic E-state index is 12.4. The minimum atomic E-state index is -0.977. The Morgan fingerprint density at radius 3 is 2.28 bits per heavy atom. The van der Waals surface area contributed by atoms with Crippen molar-refractivity contribution in [2.45, 2.75) is 31.2 Å². The molecule has 0 spiro atoms. The average molecular weight is 247 g/mol. The van der Waals surface area contributed by atoms with Crippen LogP contribution in [0, 0.1) is 0 Å². The molecule has 1 aromatic rings. The van der Waals surface area contributed by atoms with Gasteiger partial charge in [0.25, 0.3) is 0 Å². The first-order chi connectivity index (χ1) is 8.49. The fourth-order valence-electron chi connectivity index (χ4n) is 2.19. The summed E-state index contributed by atoms with van der Waals surface area (Å²) in [6.07, 6.45) is 1.60. The van der Waals surface area contributed by atoms with E-state index < -0.39 is 17.4 Å². The van der Waals surface area contributed by atoms with Gasteiger partial charge in [0.1, 0.15) is 6.04 Å². The third kappa shape index (κ3) is 1.98. The van der Waals surface area contributed by atoms with Gasteiger partial charge in [0.05, 0.1) is 5.41 Å². The molecule has 0 saturated heterocycles. The molecule has 0 aliphatic heterocycles. The van der Waals surface area contributed by atoms with Gasteiger partial charge in [-0.05, 0) is 25.3 Å². The summed E-state index contributed by atoms with van der Waals surface area (Å²) in [6.45, 7) is 1.53. The van der Waals surface area contributed by atoms with E-state index >= 15 is 0 Å². The van der Waals surface area contributed by atoms with Crippen molar-refractivity contribution in [1.82, 2.24) is 4.90 Å². The van der Waals surface area contributed by atoms with Gasteiger partial charge >= 0.3 is 5.97 Å². The van der Waals surface area contributed by atoms with Crippen molar-refractivity contribution in [3.8, 4) is 0 Å². The predicted octanol–water partition coefficient (Wildman–Crippen LogP) is 1.65. The molecule has 0 heterocycles. The molecule has 2 rings (SSSR count). The summed E-state index contributed by atoms with van der Waals surface area (Å²) in [5, 5.41) is 8.96. The lowest BCUT2D eigenvalue weighted by atomic mass is 9.94. The molecule has 0 bridgehead atoms. The van der Waals surface area contributed by atoms with Crippen LogP contribution in [0.25, 0.3) is 0 Å². The maximum Gasteiger partial charge on any atom is 0.326 e. The van der Waals surface area contributed by atoms with Crippen molar-refractivity contribution in [1.29, 1.82) is 0 Å². The third-order valence-electron chi connectivity index (χ3n) is 3.74. The third-order valence-corrected chi connectivity index (χ3v) is 3.74. The number of hydrogen-bond donors (Lipinski definition) is 1. The van der Waals surface area contributed by atoms with Crippen molar-refractivity contribution in [2.24, 2.45) is 0 Å². The quantitative estimate of drug-likeness (QED) is 0.880. The van der Waals surface area contributed by atoms with Gasteiger partial charge in [0.2, 0.25) is 5.91 Å². The number of carbonyl (C=O) groups is 2. The summed E-state index contributed by atoms with van der Waals surface area (Å²) in [5.74, 6) is -1.07. The molecule has 1 aromatic carbocycles. The topological polar surface area (TPSA) is 57.6 Å². The number of aliphatic carboxylic acids is 1. The van der Waals surface area contributed by atoms with Crippen LogP contribution in [0.4, 0.5) is 0 Å². The zero-order valence-electron chi connectivity index (χ0n) is 10.6. The number of hydrogen-bond acceptors (Lipinski definition) is 2. The molecule has 1 aliphatic carbocycles. The molecule has 96 valence electrons. The molecule has 1 aliphatic rings. The number of carboxylic acids is 1. The Labute approximate surface area is 106 Å². The summed E-state index contributed by atoms with van der Waals surface area (Å²) in [6, 6.07) is 8.80. The molecule has 1 atom stereocenters. The SMILES string of the molecule is CC(C(=O)O)N(C)C(=O)C1(c2ccccc2)CC1. The zero-order valence-corrected chi connectivity index (χ0v) is 10.6. The Morgan fingerprint density at radius 2 is 1.83 bits per heavy atom. The van der Waals surface area contributed by atoms with E-state index in [-0.39, 0.29) is 5.91 Å². The van der Waals surface area contributed by atoms with Crippen LogP contribution >= 0.6 is 0 Å². The molecule has 1 N–H and O–H groups in total. The fraction of sp³-hybridized carbons (Fsp3) is 0.429. The molecule has 1 unspecified atom stereocenters. The van der Waals surface area contributed by atoms with E-state index in [9.17, 15) is 9.59 Å².